The van der Waals surface area contributed by atoms with Gasteiger partial charge in [0.15, 0.2) is 5.52 Å². The van der Waals surface area contributed by atoms with E-state index in [2.05, 4.69) is 101 Å². The van der Waals surface area contributed by atoms with E-state index < -0.39 is 6.10 Å². The van der Waals surface area contributed by atoms with E-state index in [1.165, 1.54) is 11.1 Å². The van der Waals surface area contributed by atoms with Crippen LogP contribution in [0, 0.1) is 0 Å². The molecule has 1 fully saturated rings. The zero-order chi connectivity index (χ0) is 23.5. The summed E-state index contributed by atoms with van der Waals surface area (Å²) in [6.45, 7) is 4.68. The highest BCUT2D eigenvalue weighted by Gasteiger charge is 2.28. The number of halogens is 1. The smallest absolute Gasteiger partial charge is 0.294 e. The summed E-state index contributed by atoms with van der Waals surface area (Å²) in [7, 11) is 0. The summed E-state index contributed by atoms with van der Waals surface area (Å²) in [6, 6.07) is 21.6. The fourth-order valence-corrected chi connectivity index (χ4v) is 5.14. The van der Waals surface area contributed by atoms with Gasteiger partial charge in [-0.2, -0.15) is 0 Å². The van der Waals surface area contributed by atoms with Crippen LogP contribution in [-0.4, -0.2) is 68.7 Å². The standard InChI is InChI=1S/C25H28BrN7O/c26-25-29-21-23(27)28-17-33(24(21)30-25)16-20(34)15-31-11-13-32(14-12-31)22(18-7-3-1-4-8-18)19-9-5-2-6-10-19/h1-10,17,20,22,34H,11-16H2,(H2,27,29,30)/p+1. The lowest BCUT2D eigenvalue weighted by Crippen LogP contribution is -2.52. The number of rotatable bonds is 7. The number of aliphatic hydroxyl groups is 1. The predicted octanol–water partition coefficient (Wildman–Crippen LogP) is 2.36. The molecule has 4 aromatic rings. The topological polar surface area (TPSA) is 98.2 Å². The van der Waals surface area contributed by atoms with E-state index in [0.717, 1.165) is 26.2 Å². The SMILES string of the molecule is Nc1nc[n+](CC(O)CN2CCN(C(c3ccccc3)c3ccccc3)CC2)c2nc(Br)[nH]c12. The van der Waals surface area contributed by atoms with Crippen molar-refractivity contribution in [3.05, 3.63) is 82.9 Å². The summed E-state index contributed by atoms with van der Waals surface area (Å²) in [5, 5.41) is 10.8. The molecule has 0 aliphatic carbocycles. The number of imidazole rings is 1. The number of nitrogens with two attached hydrogens (primary N) is 1. The van der Waals surface area contributed by atoms with E-state index in [9.17, 15) is 5.11 Å². The fraction of sp³-hybridized carbons (Fsp3) is 0.320. The number of nitrogens with zero attached hydrogens (tertiary/aromatic N) is 5. The van der Waals surface area contributed by atoms with Crippen LogP contribution in [0.2, 0.25) is 0 Å². The summed E-state index contributed by atoms with van der Waals surface area (Å²) in [4.78, 5) is 16.6. The fourth-order valence-electron chi connectivity index (χ4n) is 4.78. The van der Waals surface area contributed by atoms with Gasteiger partial charge in [0.25, 0.3) is 10.4 Å². The van der Waals surface area contributed by atoms with Gasteiger partial charge in [0.05, 0.1) is 18.7 Å². The van der Waals surface area contributed by atoms with Crippen LogP contribution >= 0.6 is 15.9 Å². The molecule has 0 radical (unpaired) electrons. The second kappa shape index (κ2) is 10.2. The van der Waals surface area contributed by atoms with Crippen LogP contribution in [-0.2, 0) is 6.54 Å². The lowest BCUT2D eigenvalue weighted by molar-refractivity contribution is -0.683. The van der Waals surface area contributed by atoms with E-state index in [-0.39, 0.29) is 6.04 Å². The second-order valence-corrected chi connectivity index (χ2v) is 9.47. The van der Waals surface area contributed by atoms with Crippen LogP contribution in [0.25, 0.3) is 11.2 Å². The van der Waals surface area contributed by atoms with Gasteiger partial charge in [0.1, 0.15) is 0 Å². The highest BCUT2D eigenvalue weighted by atomic mass is 79.9. The summed E-state index contributed by atoms with van der Waals surface area (Å²) in [5.74, 6) is 0.390. The first-order valence-electron chi connectivity index (χ1n) is 11.5. The Morgan fingerprint density at radius 2 is 1.62 bits per heavy atom. The minimum absolute atomic E-state index is 0.234. The van der Waals surface area contributed by atoms with Crippen molar-refractivity contribution in [2.45, 2.75) is 18.7 Å². The molecule has 1 aliphatic heterocycles. The Morgan fingerprint density at radius 1 is 1.00 bits per heavy atom. The predicted molar refractivity (Wildman–Crippen MR) is 135 cm³/mol. The zero-order valence-electron chi connectivity index (χ0n) is 18.9. The van der Waals surface area contributed by atoms with Gasteiger partial charge in [0, 0.05) is 48.7 Å². The lowest BCUT2D eigenvalue weighted by Gasteiger charge is -2.40. The molecule has 2 aromatic heterocycles. The number of hydrogen-bond acceptors (Lipinski definition) is 6. The van der Waals surface area contributed by atoms with Crippen molar-refractivity contribution >= 4 is 32.9 Å². The van der Waals surface area contributed by atoms with Crippen molar-refractivity contribution in [1.29, 1.82) is 0 Å². The molecular formula is C25H29BrN7O+. The van der Waals surface area contributed by atoms with Gasteiger partial charge in [-0.25, -0.2) is 4.57 Å². The van der Waals surface area contributed by atoms with Crippen LogP contribution in [0.15, 0.2) is 71.7 Å². The van der Waals surface area contributed by atoms with E-state index in [1.807, 2.05) is 4.57 Å². The molecule has 3 heterocycles. The first-order valence-corrected chi connectivity index (χ1v) is 12.3. The molecule has 0 spiro atoms. The van der Waals surface area contributed by atoms with Crippen molar-refractivity contribution in [3.8, 4) is 0 Å². The highest BCUT2D eigenvalue weighted by Crippen LogP contribution is 2.29. The summed E-state index contributed by atoms with van der Waals surface area (Å²) in [6.07, 6.45) is 1.09. The van der Waals surface area contributed by atoms with Gasteiger partial charge < -0.3 is 15.8 Å². The molecule has 0 bridgehead atoms. The minimum atomic E-state index is -0.542. The lowest BCUT2D eigenvalue weighted by atomic mass is 9.96. The maximum Gasteiger partial charge on any atom is 0.294 e. The third-order valence-electron chi connectivity index (χ3n) is 6.40. The van der Waals surface area contributed by atoms with E-state index in [4.69, 9.17) is 5.73 Å². The monoisotopic (exact) mass is 522 g/mol. The van der Waals surface area contributed by atoms with Crippen molar-refractivity contribution in [2.75, 3.05) is 38.5 Å². The average molecular weight is 523 g/mol. The number of aliphatic hydroxyl groups excluding tert-OH is 1. The Kier molecular flexibility index (Phi) is 6.87. The number of fused-ring (bicyclic) bond motifs is 1. The third kappa shape index (κ3) is 4.97. The first-order chi connectivity index (χ1) is 16.6. The van der Waals surface area contributed by atoms with E-state index in [1.54, 1.807) is 6.33 Å². The summed E-state index contributed by atoms with van der Waals surface area (Å²) in [5.41, 5.74) is 9.91. The van der Waals surface area contributed by atoms with Crippen molar-refractivity contribution in [3.63, 3.8) is 0 Å². The van der Waals surface area contributed by atoms with Crippen LogP contribution in [0.5, 0.6) is 0 Å². The number of H-pyrrole nitrogens is 1. The molecule has 2 aromatic carbocycles. The van der Waals surface area contributed by atoms with E-state index in [0.29, 0.717) is 34.8 Å². The maximum absolute atomic E-state index is 10.8. The Bertz CT molecular complexity index is 1190. The molecule has 1 aliphatic rings. The number of benzene rings is 2. The normalized spacial score (nSPS) is 16.3. The Balaban J connectivity index is 1.23. The molecular weight excluding hydrogens is 494 g/mol. The number of piperazine rings is 1. The number of β-amino-alcohol motifs (C(OH)–C–C–N with tert-alkyl or cyclic N) is 1. The molecule has 9 heteroatoms. The number of nitrogens with one attached hydrogen (secondary N) is 1. The molecule has 176 valence electrons. The largest absolute Gasteiger partial charge is 0.388 e. The molecule has 0 saturated carbocycles. The molecule has 8 nitrogen and oxygen atoms in total. The third-order valence-corrected chi connectivity index (χ3v) is 6.77. The molecule has 4 N–H and O–H groups in total. The highest BCUT2D eigenvalue weighted by molar-refractivity contribution is 9.10. The number of aromatic amines is 1. The number of anilines is 1. The van der Waals surface area contributed by atoms with Crippen LogP contribution in [0.4, 0.5) is 5.82 Å². The van der Waals surface area contributed by atoms with Crippen molar-refractivity contribution in [1.82, 2.24) is 24.8 Å². The summed E-state index contributed by atoms with van der Waals surface area (Å²) < 4.78 is 2.43. The molecule has 1 unspecified atom stereocenters. The Labute approximate surface area is 207 Å². The molecule has 0 amide bonds. The Morgan fingerprint density at radius 3 is 2.24 bits per heavy atom. The minimum Gasteiger partial charge on any atom is -0.388 e. The molecule has 1 saturated heterocycles. The number of hydrogen-bond donors (Lipinski definition) is 3. The summed E-state index contributed by atoms with van der Waals surface area (Å²) >= 11 is 3.35. The van der Waals surface area contributed by atoms with Gasteiger partial charge in [-0.05, 0) is 11.1 Å². The van der Waals surface area contributed by atoms with Gasteiger partial charge >= 0.3 is 0 Å². The second-order valence-electron chi connectivity index (χ2n) is 8.72. The maximum atomic E-state index is 10.8. The number of aromatic nitrogens is 4. The first kappa shape index (κ1) is 22.9. The van der Waals surface area contributed by atoms with Crippen molar-refractivity contribution in [2.24, 2.45) is 0 Å². The van der Waals surface area contributed by atoms with Crippen LogP contribution in [0.3, 0.4) is 0 Å². The van der Waals surface area contributed by atoms with E-state index >= 15 is 0 Å². The van der Waals surface area contributed by atoms with Gasteiger partial charge in [-0.1, -0.05) is 70.6 Å². The van der Waals surface area contributed by atoms with Crippen molar-refractivity contribution < 1.29 is 9.67 Å². The molecule has 5 rings (SSSR count). The molecule has 34 heavy (non-hydrogen) atoms. The van der Waals surface area contributed by atoms with Gasteiger partial charge in [-0.3, -0.25) is 9.80 Å². The van der Waals surface area contributed by atoms with Crippen LogP contribution in [0.1, 0.15) is 17.2 Å². The Hall–Kier alpha value is -2.85. The number of nitrogen functional groups attached to an aromatic ring is 1. The quantitative estimate of drug-likeness (QED) is 0.254. The van der Waals surface area contributed by atoms with Gasteiger partial charge in [0.2, 0.25) is 12.1 Å². The zero-order valence-corrected chi connectivity index (χ0v) is 20.5. The average Bonchev–Trinajstić information content (AvgIpc) is 3.26. The van der Waals surface area contributed by atoms with Crippen LogP contribution < -0.4 is 10.3 Å². The molecule has 1 atom stereocenters. The van der Waals surface area contributed by atoms with Gasteiger partial charge in [-0.15, -0.1) is 0 Å².